The van der Waals surface area contributed by atoms with Gasteiger partial charge >= 0.3 is 12.1 Å². The Hall–Kier alpha value is -2.02. The molecule has 0 saturated heterocycles. The molecule has 7 heteroatoms. The maximum absolute atomic E-state index is 13.4. The minimum Gasteiger partial charge on any atom is -0.427 e. The molecule has 0 radical (unpaired) electrons. The van der Waals surface area contributed by atoms with Gasteiger partial charge in [-0.25, -0.2) is 0 Å². The lowest BCUT2D eigenvalue weighted by atomic mass is 9.95. The van der Waals surface area contributed by atoms with Gasteiger partial charge in [-0.15, -0.1) is 0 Å². The summed E-state index contributed by atoms with van der Waals surface area (Å²) in [6, 6.07) is 4.10. The monoisotopic (exact) mass is 355 g/mol. The largest absolute Gasteiger partial charge is 0.427 e. The quantitative estimate of drug-likeness (QED) is 0.811. The molecule has 0 fully saturated rings. The van der Waals surface area contributed by atoms with Gasteiger partial charge in [-0.3, -0.25) is 4.79 Å². The van der Waals surface area contributed by atoms with E-state index in [1.165, 1.54) is 13.0 Å². The number of aromatic amines is 1. The molecule has 2 aromatic rings. The van der Waals surface area contributed by atoms with Crippen molar-refractivity contribution >= 4 is 16.9 Å². The van der Waals surface area contributed by atoms with Crippen LogP contribution in [0.25, 0.3) is 10.9 Å². The summed E-state index contributed by atoms with van der Waals surface area (Å²) in [7, 11) is 0. The van der Waals surface area contributed by atoms with E-state index in [2.05, 4.69) is 4.98 Å². The highest BCUT2D eigenvalue weighted by molar-refractivity contribution is 5.88. The molecule has 1 aliphatic rings. The molecule has 1 aromatic carbocycles. The van der Waals surface area contributed by atoms with Gasteiger partial charge in [0.15, 0.2) is 0 Å². The van der Waals surface area contributed by atoms with E-state index < -0.39 is 23.5 Å². The van der Waals surface area contributed by atoms with Crippen molar-refractivity contribution in [2.45, 2.75) is 51.5 Å². The van der Waals surface area contributed by atoms with E-state index in [4.69, 9.17) is 9.47 Å². The third-order valence-corrected chi connectivity index (χ3v) is 4.48. The van der Waals surface area contributed by atoms with E-state index in [9.17, 15) is 18.0 Å². The van der Waals surface area contributed by atoms with E-state index in [0.29, 0.717) is 30.3 Å². The lowest BCUT2D eigenvalue weighted by molar-refractivity contribution is -0.248. The molecule has 1 N–H and O–H groups in total. The minimum atomic E-state index is -4.47. The summed E-state index contributed by atoms with van der Waals surface area (Å²) in [5.74, 6) is -1.88. The highest BCUT2D eigenvalue weighted by atomic mass is 19.4. The first-order valence-electron chi connectivity index (χ1n) is 8.33. The third kappa shape index (κ3) is 3.13. The predicted molar refractivity (Wildman–Crippen MR) is 85.9 cm³/mol. The average molecular weight is 355 g/mol. The number of nitrogens with one attached hydrogen (secondary N) is 1. The zero-order valence-corrected chi connectivity index (χ0v) is 14.1. The number of benzene rings is 1. The first kappa shape index (κ1) is 17.8. The Kier molecular flexibility index (Phi) is 4.53. The van der Waals surface area contributed by atoms with Gasteiger partial charge in [0.1, 0.15) is 0 Å². The number of aromatic nitrogens is 1. The fraction of sp³-hybridized carbons (Fsp3) is 0.500. The number of carbonyl (C=O) groups is 1. The SMILES string of the molecule is CCCCC1(OC(C)=O)OCCc2c1[nH]c1c(C(F)(F)F)cccc21. The van der Waals surface area contributed by atoms with Gasteiger partial charge < -0.3 is 14.5 Å². The van der Waals surface area contributed by atoms with Crippen LogP contribution in [0.1, 0.15) is 49.9 Å². The topological polar surface area (TPSA) is 51.3 Å². The molecule has 1 aromatic heterocycles. The number of hydrogen-bond donors (Lipinski definition) is 1. The van der Waals surface area contributed by atoms with Crippen LogP contribution >= 0.6 is 0 Å². The first-order chi connectivity index (χ1) is 11.8. The molecular weight excluding hydrogens is 335 g/mol. The van der Waals surface area contributed by atoms with Crippen LogP contribution in [0.2, 0.25) is 0 Å². The second-order valence-electron chi connectivity index (χ2n) is 6.25. The first-order valence-corrected chi connectivity index (χ1v) is 8.33. The van der Waals surface area contributed by atoms with Crippen LogP contribution < -0.4 is 0 Å². The van der Waals surface area contributed by atoms with E-state index >= 15 is 0 Å². The Morgan fingerprint density at radius 2 is 2.16 bits per heavy atom. The molecule has 1 atom stereocenters. The lowest BCUT2D eigenvalue weighted by Crippen LogP contribution is -2.39. The van der Waals surface area contributed by atoms with Gasteiger partial charge in [-0.1, -0.05) is 25.5 Å². The smallest absolute Gasteiger partial charge is 0.418 e. The molecule has 2 heterocycles. The molecule has 0 aliphatic carbocycles. The van der Waals surface area contributed by atoms with Gasteiger partial charge in [-0.2, -0.15) is 13.2 Å². The van der Waals surface area contributed by atoms with Crippen molar-refractivity contribution in [3.63, 3.8) is 0 Å². The number of fused-ring (bicyclic) bond motifs is 3. The summed E-state index contributed by atoms with van der Waals surface area (Å²) in [6.45, 7) is 3.54. The Balaban J connectivity index is 2.22. The zero-order valence-electron chi connectivity index (χ0n) is 14.1. The minimum absolute atomic E-state index is 0.0125. The number of esters is 1. The predicted octanol–water partition coefficient (Wildman–Crippen LogP) is 4.67. The second kappa shape index (κ2) is 6.37. The van der Waals surface area contributed by atoms with Crippen molar-refractivity contribution < 1.29 is 27.4 Å². The number of rotatable bonds is 4. The van der Waals surface area contributed by atoms with Gasteiger partial charge in [0, 0.05) is 18.7 Å². The van der Waals surface area contributed by atoms with Crippen LogP contribution in [0.5, 0.6) is 0 Å². The number of ether oxygens (including phenoxy) is 2. The average Bonchev–Trinajstić information content (AvgIpc) is 2.92. The van der Waals surface area contributed by atoms with E-state index in [1.54, 1.807) is 6.07 Å². The molecule has 3 rings (SSSR count). The van der Waals surface area contributed by atoms with Crippen LogP contribution in [-0.4, -0.2) is 17.6 Å². The van der Waals surface area contributed by atoms with Crippen molar-refractivity contribution in [3.8, 4) is 0 Å². The summed E-state index contributed by atoms with van der Waals surface area (Å²) < 4.78 is 51.3. The van der Waals surface area contributed by atoms with Crippen LogP contribution in [-0.2, 0) is 32.7 Å². The van der Waals surface area contributed by atoms with Crippen LogP contribution in [0.15, 0.2) is 18.2 Å². The van der Waals surface area contributed by atoms with E-state index in [1.807, 2.05) is 6.92 Å². The maximum Gasteiger partial charge on any atom is 0.418 e. The molecule has 0 amide bonds. The standard InChI is InChI=1S/C18H20F3NO3/c1-3-4-9-17(25-11(2)23)16-13(8-10-24-17)12-6-5-7-14(15(12)22-16)18(19,20)21/h5-7,22H,3-4,8-10H2,1-2H3. The van der Waals surface area contributed by atoms with Crippen molar-refractivity contribution in [1.29, 1.82) is 0 Å². The fourth-order valence-electron chi connectivity index (χ4n) is 3.46. The highest BCUT2D eigenvalue weighted by Gasteiger charge is 2.44. The third-order valence-electron chi connectivity index (χ3n) is 4.48. The molecule has 1 aliphatic heterocycles. The Morgan fingerprint density at radius 1 is 1.40 bits per heavy atom. The molecule has 0 spiro atoms. The number of alkyl halides is 3. The van der Waals surface area contributed by atoms with Crippen LogP contribution in [0.4, 0.5) is 13.2 Å². The van der Waals surface area contributed by atoms with Gasteiger partial charge in [0.25, 0.3) is 5.79 Å². The number of carbonyl (C=O) groups excluding carboxylic acids is 1. The fourth-order valence-corrected chi connectivity index (χ4v) is 3.46. The van der Waals surface area contributed by atoms with Crippen molar-refractivity contribution in [3.05, 3.63) is 35.0 Å². The summed E-state index contributed by atoms with van der Waals surface area (Å²) >= 11 is 0. The van der Waals surface area contributed by atoms with Crippen molar-refractivity contribution in [2.75, 3.05) is 6.61 Å². The van der Waals surface area contributed by atoms with Crippen molar-refractivity contribution in [1.82, 2.24) is 4.98 Å². The number of para-hydroxylation sites is 1. The van der Waals surface area contributed by atoms with Crippen LogP contribution in [0.3, 0.4) is 0 Å². The van der Waals surface area contributed by atoms with Gasteiger partial charge in [-0.05, 0) is 24.5 Å². The molecule has 1 unspecified atom stereocenters. The number of halogens is 3. The Labute approximate surface area is 143 Å². The van der Waals surface area contributed by atoms with E-state index in [-0.39, 0.29) is 12.1 Å². The van der Waals surface area contributed by atoms with Crippen LogP contribution in [0, 0.1) is 0 Å². The molecule has 0 saturated carbocycles. The zero-order chi connectivity index (χ0) is 18.2. The van der Waals surface area contributed by atoms with Crippen molar-refractivity contribution in [2.24, 2.45) is 0 Å². The normalized spacial score (nSPS) is 20.5. The summed E-state index contributed by atoms with van der Waals surface area (Å²) in [6.07, 6.45) is -2.05. The molecule has 136 valence electrons. The summed E-state index contributed by atoms with van der Waals surface area (Å²) in [5.41, 5.74) is 0.434. The molecular formula is C18H20F3NO3. The summed E-state index contributed by atoms with van der Waals surface area (Å²) in [5, 5.41) is 0.501. The summed E-state index contributed by atoms with van der Waals surface area (Å²) in [4.78, 5) is 14.5. The Bertz CT molecular complexity index is 797. The molecule has 25 heavy (non-hydrogen) atoms. The highest BCUT2D eigenvalue weighted by Crippen LogP contribution is 2.44. The lowest BCUT2D eigenvalue weighted by Gasteiger charge is -2.36. The Morgan fingerprint density at radius 3 is 2.80 bits per heavy atom. The number of hydrogen-bond acceptors (Lipinski definition) is 3. The number of unbranched alkanes of at least 4 members (excludes halogenated alkanes) is 1. The second-order valence-corrected chi connectivity index (χ2v) is 6.25. The van der Waals surface area contributed by atoms with Gasteiger partial charge in [0.05, 0.1) is 23.4 Å². The molecule has 0 bridgehead atoms. The maximum atomic E-state index is 13.4. The molecule has 4 nitrogen and oxygen atoms in total. The van der Waals surface area contributed by atoms with E-state index in [0.717, 1.165) is 18.1 Å². The van der Waals surface area contributed by atoms with Gasteiger partial charge in [0.2, 0.25) is 0 Å². The number of H-pyrrole nitrogens is 1.